The van der Waals surface area contributed by atoms with Crippen LogP contribution in [0.4, 0.5) is 5.69 Å². The molecule has 1 fully saturated rings. The first kappa shape index (κ1) is 10.3. The molecular formula is C13H19NO. The molecule has 0 aliphatic carbocycles. The van der Waals surface area contributed by atoms with Gasteiger partial charge in [0, 0.05) is 24.8 Å². The number of benzene rings is 1. The van der Waals surface area contributed by atoms with Gasteiger partial charge in [0.15, 0.2) is 0 Å². The third-order valence-corrected chi connectivity index (χ3v) is 3.11. The van der Waals surface area contributed by atoms with Crippen LogP contribution in [0.25, 0.3) is 0 Å². The Morgan fingerprint density at radius 1 is 1.20 bits per heavy atom. The summed E-state index contributed by atoms with van der Waals surface area (Å²) < 4.78 is 0. The number of hydrogen-bond acceptors (Lipinski definition) is 2. The summed E-state index contributed by atoms with van der Waals surface area (Å²) in [6, 6.07) is 6.08. The zero-order valence-corrected chi connectivity index (χ0v) is 9.53. The van der Waals surface area contributed by atoms with Gasteiger partial charge in [-0.15, -0.1) is 0 Å². The zero-order chi connectivity index (χ0) is 10.8. The number of anilines is 1. The smallest absolute Gasteiger partial charge is 0.121 e. The Morgan fingerprint density at radius 2 is 1.87 bits per heavy atom. The average Bonchev–Trinajstić information content (AvgIpc) is 2.69. The van der Waals surface area contributed by atoms with Crippen LogP contribution >= 0.6 is 0 Å². The number of hydrogen-bond donors (Lipinski definition) is 1. The molecule has 0 unspecified atom stereocenters. The van der Waals surface area contributed by atoms with E-state index in [1.165, 1.54) is 12.8 Å². The van der Waals surface area contributed by atoms with E-state index in [0.29, 0.717) is 11.7 Å². The molecule has 2 heteroatoms. The minimum Gasteiger partial charge on any atom is -0.508 e. The molecule has 0 spiro atoms. The fourth-order valence-corrected chi connectivity index (χ4v) is 2.19. The highest BCUT2D eigenvalue weighted by atomic mass is 16.3. The van der Waals surface area contributed by atoms with E-state index in [-0.39, 0.29) is 0 Å². The second-order valence-electron chi connectivity index (χ2n) is 4.59. The van der Waals surface area contributed by atoms with E-state index >= 15 is 0 Å². The van der Waals surface area contributed by atoms with Crippen LogP contribution < -0.4 is 4.90 Å². The number of rotatable bonds is 2. The molecular weight excluding hydrogens is 186 g/mol. The molecule has 1 aliphatic heterocycles. The molecule has 0 amide bonds. The number of phenolic OH excluding ortho intramolecular Hbond substituents is 1. The highest BCUT2D eigenvalue weighted by molar-refractivity contribution is 5.54. The molecule has 1 aromatic rings. The van der Waals surface area contributed by atoms with Crippen LogP contribution in [0.2, 0.25) is 0 Å². The molecule has 0 saturated carbocycles. The van der Waals surface area contributed by atoms with Crippen LogP contribution in [0.3, 0.4) is 0 Å². The summed E-state index contributed by atoms with van der Waals surface area (Å²) in [6.07, 6.45) is 2.54. The molecule has 1 saturated heterocycles. The van der Waals surface area contributed by atoms with Gasteiger partial charge in [-0.25, -0.2) is 0 Å². The first-order valence-corrected chi connectivity index (χ1v) is 5.76. The molecule has 15 heavy (non-hydrogen) atoms. The van der Waals surface area contributed by atoms with E-state index in [1.807, 2.05) is 12.1 Å². The van der Waals surface area contributed by atoms with E-state index in [1.54, 1.807) is 0 Å². The van der Waals surface area contributed by atoms with E-state index in [4.69, 9.17) is 0 Å². The molecule has 0 atom stereocenters. The maximum absolute atomic E-state index is 9.90. The predicted molar refractivity (Wildman–Crippen MR) is 63.6 cm³/mol. The van der Waals surface area contributed by atoms with Crippen LogP contribution in [-0.2, 0) is 0 Å². The molecule has 2 nitrogen and oxygen atoms in total. The summed E-state index contributed by atoms with van der Waals surface area (Å²) in [4.78, 5) is 2.34. The summed E-state index contributed by atoms with van der Waals surface area (Å²) in [5, 5.41) is 9.90. The third-order valence-electron chi connectivity index (χ3n) is 3.11. The Kier molecular flexibility index (Phi) is 2.85. The minimum absolute atomic E-state index is 0.387. The standard InChI is InChI=1S/C13H19NO/c1-10(2)12-6-5-11(9-13(12)15)14-7-3-4-8-14/h5-6,9-10,15H,3-4,7-8H2,1-2H3. The van der Waals surface area contributed by atoms with Crippen molar-refractivity contribution in [3.63, 3.8) is 0 Å². The van der Waals surface area contributed by atoms with Crippen LogP contribution in [-0.4, -0.2) is 18.2 Å². The fraction of sp³-hybridized carbons (Fsp3) is 0.538. The van der Waals surface area contributed by atoms with Crippen molar-refractivity contribution in [2.75, 3.05) is 18.0 Å². The Bertz CT molecular complexity index is 340. The van der Waals surface area contributed by atoms with Gasteiger partial charge in [0.1, 0.15) is 5.75 Å². The second-order valence-corrected chi connectivity index (χ2v) is 4.59. The van der Waals surface area contributed by atoms with Crippen LogP contribution in [0, 0.1) is 0 Å². The van der Waals surface area contributed by atoms with Crippen molar-refractivity contribution in [1.29, 1.82) is 0 Å². The van der Waals surface area contributed by atoms with Gasteiger partial charge in [-0.05, 0) is 30.4 Å². The van der Waals surface area contributed by atoms with E-state index in [9.17, 15) is 5.11 Å². The van der Waals surface area contributed by atoms with Crippen LogP contribution in [0.5, 0.6) is 5.75 Å². The molecule has 1 aliphatic rings. The SMILES string of the molecule is CC(C)c1ccc(N2CCCC2)cc1O. The lowest BCUT2D eigenvalue weighted by molar-refractivity contribution is 0.465. The maximum atomic E-state index is 9.90. The largest absolute Gasteiger partial charge is 0.508 e. The van der Waals surface area contributed by atoms with Gasteiger partial charge in [-0.3, -0.25) is 0 Å². The molecule has 82 valence electrons. The first-order chi connectivity index (χ1) is 7.18. The summed E-state index contributed by atoms with van der Waals surface area (Å²) >= 11 is 0. The van der Waals surface area contributed by atoms with E-state index in [0.717, 1.165) is 24.3 Å². The van der Waals surface area contributed by atoms with Gasteiger partial charge in [-0.1, -0.05) is 19.9 Å². The van der Waals surface area contributed by atoms with Crippen molar-refractivity contribution < 1.29 is 5.11 Å². The fourth-order valence-electron chi connectivity index (χ4n) is 2.19. The summed E-state index contributed by atoms with van der Waals surface area (Å²) in [5.41, 5.74) is 2.20. The highest BCUT2D eigenvalue weighted by Crippen LogP contribution is 2.31. The first-order valence-electron chi connectivity index (χ1n) is 5.76. The third kappa shape index (κ3) is 2.09. The van der Waals surface area contributed by atoms with Crippen molar-refractivity contribution in [2.45, 2.75) is 32.6 Å². The molecule has 1 heterocycles. The summed E-state index contributed by atoms with van der Waals surface area (Å²) in [6.45, 7) is 6.45. The quantitative estimate of drug-likeness (QED) is 0.802. The molecule has 0 aromatic heterocycles. The lowest BCUT2D eigenvalue weighted by Crippen LogP contribution is -2.17. The normalized spacial score (nSPS) is 16.3. The predicted octanol–water partition coefficient (Wildman–Crippen LogP) is 3.12. The molecule has 0 bridgehead atoms. The molecule has 1 N–H and O–H groups in total. The lowest BCUT2D eigenvalue weighted by Gasteiger charge is -2.19. The maximum Gasteiger partial charge on any atom is 0.121 e. The topological polar surface area (TPSA) is 23.5 Å². The summed E-state index contributed by atoms with van der Waals surface area (Å²) in [5.74, 6) is 0.826. The Hall–Kier alpha value is -1.18. The average molecular weight is 205 g/mol. The Labute approximate surface area is 91.5 Å². The number of aromatic hydroxyl groups is 1. The Morgan fingerprint density at radius 3 is 2.40 bits per heavy atom. The van der Waals surface area contributed by atoms with Gasteiger partial charge in [0.25, 0.3) is 0 Å². The number of phenols is 1. The van der Waals surface area contributed by atoms with Gasteiger partial charge in [0.2, 0.25) is 0 Å². The lowest BCUT2D eigenvalue weighted by atomic mass is 10.0. The highest BCUT2D eigenvalue weighted by Gasteiger charge is 2.14. The van der Waals surface area contributed by atoms with E-state index < -0.39 is 0 Å². The van der Waals surface area contributed by atoms with Crippen molar-refractivity contribution in [3.8, 4) is 5.75 Å². The van der Waals surface area contributed by atoms with Gasteiger partial charge in [0.05, 0.1) is 0 Å². The van der Waals surface area contributed by atoms with Crippen molar-refractivity contribution in [2.24, 2.45) is 0 Å². The van der Waals surface area contributed by atoms with Crippen molar-refractivity contribution >= 4 is 5.69 Å². The van der Waals surface area contributed by atoms with Gasteiger partial charge >= 0.3 is 0 Å². The van der Waals surface area contributed by atoms with Crippen LogP contribution in [0.15, 0.2) is 18.2 Å². The van der Waals surface area contributed by atoms with E-state index in [2.05, 4.69) is 24.8 Å². The Balaban J connectivity index is 2.24. The second kappa shape index (κ2) is 4.13. The number of nitrogens with zero attached hydrogens (tertiary/aromatic N) is 1. The molecule has 1 aromatic carbocycles. The monoisotopic (exact) mass is 205 g/mol. The van der Waals surface area contributed by atoms with Crippen molar-refractivity contribution in [3.05, 3.63) is 23.8 Å². The molecule has 2 rings (SSSR count). The van der Waals surface area contributed by atoms with Gasteiger partial charge in [-0.2, -0.15) is 0 Å². The minimum atomic E-state index is 0.387. The zero-order valence-electron chi connectivity index (χ0n) is 9.53. The van der Waals surface area contributed by atoms with Gasteiger partial charge < -0.3 is 10.0 Å². The molecule has 0 radical (unpaired) electrons. The van der Waals surface area contributed by atoms with Crippen molar-refractivity contribution in [1.82, 2.24) is 0 Å². The van der Waals surface area contributed by atoms with Crippen LogP contribution in [0.1, 0.15) is 38.2 Å². The summed E-state index contributed by atoms with van der Waals surface area (Å²) in [7, 11) is 0.